The lowest BCUT2D eigenvalue weighted by Crippen LogP contribution is -2.52. The average molecular weight is 290 g/mol. The zero-order valence-electron chi connectivity index (χ0n) is 12.3. The molecule has 0 bridgehead atoms. The molecule has 0 radical (unpaired) electrons. The molecule has 1 amide bonds. The molecule has 5 nitrogen and oxygen atoms in total. The van der Waals surface area contributed by atoms with Gasteiger partial charge in [0.05, 0.1) is 6.26 Å². The predicted molar refractivity (Wildman–Crippen MR) is 76.4 cm³/mol. The largest absolute Gasteiger partial charge is 0.342 e. The fourth-order valence-electron chi connectivity index (χ4n) is 2.53. The van der Waals surface area contributed by atoms with E-state index < -0.39 is 16.1 Å². The van der Waals surface area contributed by atoms with Crippen LogP contribution in [0.5, 0.6) is 0 Å². The van der Waals surface area contributed by atoms with E-state index in [1.165, 1.54) is 10.6 Å². The van der Waals surface area contributed by atoms with Crippen LogP contribution in [0.1, 0.15) is 46.0 Å². The van der Waals surface area contributed by atoms with E-state index >= 15 is 0 Å². The number of sulfonamides is 1. The SMILES string of the molecule is CCCCN(CC)C(=O)C1CCCCN1S(C)(=O)=O. The van der Waals surface area contributed by atoms with Crippen molar-refractivity contribution in [2.24, 2.45) is 0 Å². The average Bonchev–Trinajstić information content (AvgIpc) is 2.38. The summed E-state index contributed by atoms with van der Waals surface area (Å²) in [6, 6.07) is -0.486. The maximum atomic E-state index is 12.5. The molecule has 1 fully saturated rings. The molecular formula is C13H26N2O3S. The number of piperidine rings is 1. The molecule has 6 heteroatoms. The lowest BCUT2D eigenvalue weighted by atomic mass is 10.0. The lowest BCUT2D eigenvalue weighted by molar-refractivity contribution is -0.136. The van der Waals surface area contributed by atoms with Crippen LogP contribution in [-0.4, -0.2) is 55.5 Å². The highest BCUT2D eigenvalue weighted by atomic mass is 32.2. The Morgan fingerprint density at radius 1 is 1.32 bits per heavy atom. The summed E-state index contributed by atoms with van der Waals surface area (Å²) >= 11 is 0. The summed E-state index contributed by atoms with van der Waals surface area (Å²) < 4.78 is 24.9. The number of hydrogen-bond donors (Lipinski definition) is 0. The Morgan fingerprint density at radius 2 is 2.00 bits per heavy atom. The van der Waals surface area contributed by atoms with Gasteiger partial charge < -0.3 is 4.90 Å². The number of carbonyl (C=O) groups excluding carboxylic acids is 1. The summed E-state index contributed by atoms with van der Waals surface area (Å²) in [4.78, 5) is 14.3. The van der Waals surface area contributed by atoms with Crippen molar-refractivity contribution >= 4 is 15.9 Å². The van der Waals surface area contributed by atoms with Crippen LogP contribution in [0.25, 0.3) is 0 Å². The third-order valence-corrected chi connectivity index (χ3v) is 4.93. The van der Waals surface area contributed by atoms with E-state index in [1.807, 2.05) is 6.92 Å². The molecule has 112 valence electrons. The monoisotopic (exact) mass is 290 g/mol. The molecule has 0 aromatic rings. The highest BCUT2D eigenvalue weighted by Crippen LogP contribution is 2.21. The topological polar surface area (TPSA) is 57.7 Å². The first kappa shape index (κ1) is 16.4. The molecule has 1 aliphatic rings. The molecule has 0 aliphatic carbocycles. The second-order valence-electron chi connectivity index (χ2n) is 5.16. The summed E-state index contributed by atoms with van der Waals surface area (Å²) in [5, 5.41) is 0. The lowest BCUT2D eigenvalue weighted by Gasteiger charge is -2.35. The van der Waals surface area contributed by atoms with Crippen LogP contribution in [0.15, 0.2) is 0 Å². The van der Waals surface area contributed by atoms with Crippen molar-refractivity contribution in [1.29, 1.82) is 0 Å². The fourth-order valence-corrected chi connectivity index (χ4v) is 3.65. The Balaban J connectivity index is 2.81. The normalized spacial score (nSPS) is 21.3. The van der Waals surface area contributed by atoms with Crippen LogP contribution in [0.3, 0.4) is 0 Å². The predicted octanol–water partition coefficient (Wildman–Crippen LogP) is 1.45. The standard InChI is InChI=1S/C13H26N2O3S/c1-4-6-10-14(5-2)13(16)12-9-7-8-11-15(12)19(3,17)18/h12H,4-11H2,1-3H3. The Morgan fingerprint density at radius 3 is 2.53 bits per heavy atom. The molecule has 1 rings (SSSR count). The number of carbonyl (C=O) groups is 1. The van der Waals surface area contributed by atoms with Gasteiger partial charge in [0.1, 0.15) is 6.04 Å². The fraction of sp³-hybridized carbons (Fsp3) is 0.923. The van der Waals surface area contributed by atoms with Crippen LogP contribution in [0, 0.1) is 0 Å². The molecule has 1 atom stereocenters. The van der Waals surface area contributed by atoms with E-state index in [4.69, 9.17) is 0 Å². The molecule has 0 aromatic heterocycles. The maximum Gasteiger partial charge on any atom is 0.241 e. The van der Waals surface area contributed by atoms with Gasteiger partial charge in [-0.3, -0.25) is 4.79 Å². The molecule has 19 heavy (non-hydrogen) atoms. The first-order valence-electron chi connectivity index (χ1n) is 7.17. The van der Waals surface area contributed by atoms with Crippen LogP contribution in [-0.2, 0) is 14.8 Å². The van der Waals surface area contributed by atoms with Gasteiger partial charge in [0.2, 0.25) is 15.9 Å². The summed E-state index contributed by atoms with van der Waals surface area (Å²) in [7, 11) is -3.30. The number of hydrogen-bond acceptors (Lipinski definition) is 3. The van der Waals surface area contributed by atoms with Crippen molar-refractivity contribution in [2.75, 3.05) is 25.9 Å². The van der Waals surface area contributed by atoms with Crippen LogP contribution < -0.4 is 0 Å². The van der Waals surface area contributed by atoms with Crippen LogP contribution in [0.4, 0.5) is 0 Å². The van der Waals surface area contributed by atoms with Gasteiger partial charge in [-0.25, -0.2) is 8.42 Å². The Hall–Kier alpha value is -0.620. The molecule has 1 aliphatic heterocycles. The van der Waals surface area contributed by atoms with E-state index in [-0.39, 0.29) is 5.91 Å². The van der Waals surface area contributed by atoms with Crippen LogP contribution >= 0.6 is 0 Å². The smallest absolute Gasteiger partial charge is 0.241 e. The molecule has 1 saturated heterocycles. The molecule has 0 aromatic carbocycles. The summed E-state index contributed by atoms with van der Waals surface area (Å²) in [5.74, 6) is -0.0268. The first-order chi connectivity index (χ1) is 8.91. The number of likely N-dealkylation sites (N-methyl/N-ethyl adjacent to an activating group) is 1. The minimum Gasteiger partial charge on any atom is -0.342 e. The van der Waals surface area contributed by atoms with E-state index in [0.29, 0.717) is 19.5 Å². The summed E-state index contributed by atoms with van der Waals surface area (Å²) in [6.45, 7) is 5.87. The molecule has 1 heterocycles. The maximum absolute atomic E-state index is 12.5. The third kappa shape index (κ3) is 4.45. The quantitative estimate of drug-likeness (QED) is 0.744. The van der Waals surface area contributed by atoms with Gasteiger partial charge >= 0.3 is 0 Å². The van der Waals surface area contributed by atoms with Crippen molar-refractivity contribution < 1.29 is 13.2 Å². The molecule has 1 unspecified atom stereocenters. The summed E-state index contributed by atoms with van der Waals surface area (Å²) in [5.41, 5.74) is 0. The second-order valence-corrected chi connectivity index (χ2v) is 7.09. The highest BCUT2D eigenvalue weighted by Gasteiger charge is 2.36. The number of unbranched alkanes of at least 4 members (excludes halogenated alkanes) is 1. The molecule has 0 spiro atoms. The Labute approximate surface area is 117 Å². The van der Waals surface area contributed by atoms with Crippen LogP contribution in [0.2, 0.25) is 0 Å². The van der Waals surface area contributed by atoms with Gasteiger partial charge in [-0.1, -0.05) is 19.8 Å². The zero-order valence-corrected chi connectivity index (χ0v) is 13.1. The minimum atomic E-state index is -3.30. The Kier molecular flexibility index (Phi) is 6.26. The molecule has 0 N–H and O–H groups in total. The van der Waals surface area contributed by atoms with Crippen molar-refractivity contribution in [2.45, 2.75) is 52.0 Å². The second kappa shape index (κ2) is 7.24. The van der Waals surface area contributed by atoms with E-state index in [9.17, 15) is 13.2 Å². The molecular weight excluding hydrogens is 264 g/mol. The van der Waals surface area contributed by atoms with E-state index in [2.05, 4.69) is 6.92 Å². The third-order valence-electron chi connectivity index (χ3n) is 3.64. The molecule has 0 saturated carbocycles. The number of amides is 1. The van der Waals surface area contributed by atoms with E-state index in [1.54, 1.807) is 4.90 Å². The zero-order chi connectivity index (χ0) is 14.5. The van der Waals surface area contributed by atoms with Gasteiger partial charge in [0, 0.05) is 19.6 Å². The minimum absolute atomic E-state index is 0.0268. The first-order valence-corrected chi connectivity index (χ1v) is 9.02. The summed E-state index contributed by atoms with van der Waals surface area (Å²) in [6.07, 6.45) is 5.61. The number of rotatable bonds is 6. The van der Waals surface area contributed by atoms with Gasteiger partial charge in [0.25, 0.3) is 0 Å². The van der Waals surface area contributed by atoms with Gasteiger partial charge in [0.15, 0.2) is 0 Å². The number of nitrogens with zero attached hydrogens (tertiary/aromatic N) is 2. The van der Waals surface area contributed by atoms with Gasteiger partial charge in [-0.05, 0) is 26.2 Å². The highest BCUT2D eigenvalue weighted by molar-refractivity contribution is 7.88. The van der Waals surface area contributed by atoms with Gasteiger partial charge in [-0.2, -0.15) is 4.31 Å². The van der Waals surface area contributed by atoms with Crippen molar-refractivity contribution in [1.82, 2.24) is 9.21 Å². The van der Waals surface area contributed by atoms with E-state index in [0.717, 1.165) is 32.2 Å². The van der Waals surface area contributed by atoms with Crippen molar-refractivity contribution in [3.05, 3.63) is 0 Å². The van der Waals surface area contributed by atoms with Crippen molar-refractivity contribution in [3.8, 4) is 0 Å². The Bertz CT molecular complexity index is 395. The van der Waals surface area contributed by atoms with Gasteiger partial charge in [-0.15, -0.1) is 0 Å². The van der Waals surface area contributed by atoms with Crippen molar-refractivity contribution in [3.63, 3.8) is 0 Å².